The number of rotatable bonds is 0. The van der Waals surface area contributed by atoms with E-state index in [0.717, 1.165) is 24.2 Å². The molecule has 1 aromatic rings. The second kappa shape index (κ2) is 2.80. The molecule has 1 aliphatic heterocycles. The van der Waals surface area contributed by atoms with Crippen molar-refractivity contribution in [2.24, 2.45) is 0 Å². The summed E-state index contributed by atoms with van der Waals surface area (Å²) in [5.41, 5.74) is 3.17. The summed E-state index contributed by atoms with van der Waals surface area (Å²) in [6.45, 7) is 0.990. The molecule has 1 aliphatic rings. The van der Waals surface area contributed by atoms with Gasteiger partial charge in [0.15, 0.2) is 0 Å². The fraction of sp³-hybridized carbons (Fsp3) is 0.222. The first-order valence-corrected chi connectivity index (χ1v) is 4.48. The van der Waals surface area contributed by atoms with Gasteiger partial charge in [0.05, 0.1) is 17.3 Å². The Balaban J connectivity index is 2.52. The third kappa shape index (κ3) is 1.09. The summed E-state index contributed by atoms with van der Waals surface area (Å²) >= 11 is 3.42. The van der Waals surface area contributed by atoms with Crippen LogP contribution in [0.25, 0.3) is 0 Å². The molecule has 2 nitrogen and oxygen atoms in total. The summed E-state index contributed by atoms with van der Waals surface area (Å²) in [6.07, 6.45) is 1.06. The quantitative estimate of drug-likeness (QED) is 0.630. The average molecular weight is 223 g/mol. The molecule has 0 bridgehead atoms. The first-order valence-electron chi connectivity index (χ1n) is 3.77. The molecule has 0 unspecified atom stereocenters. The van der Waals surface area contributed by atoms with Crippen LogP contribution >= 0.6 is 16.1 Å². The molecule has 0 aliphatic carbocycles. The van der Waals surface area contributed by atoms with Crippen LogP contribution in [0.5, 0.6) is 0 Å². The van der Waals surface area contributed by atoms with Gasteiger partial charge in [-0.3, -0.25) is 0 Å². The lowest BCUT2D eigenvalue weighted by Gasteiger charge is -2.07. The Morgan fingerprint density at radius 1 is 1.50 bits per heavy atom. The van der Waals surface area contributed by atoms with Gasteiger partial charge < -0.3 is 3.93 Å². The van der Waals surface area contributed by atoms with Crippen LogP contribution in [-0.2, 0) is 6.42 Å². The van der Waals surface area contributed by atoms with E-state index in [2.05, 4.69) is 22.2 Å². The van der Waals surface area contributed by atoms with Crippen molar-refractivity contribution in [3.05, 3.63) is 29.3 Å². The lowest BCUT2D eigenvalue weighted by Crippen LogP contribution is -2.03. The van der Waals surface area contributed by atoms with Crippen LogP contribution in [0, 0.1) is 11.3 Å². The number of hydrogen-bond acceptors (Lipinski definition) is 2. The van der Waals surface area contributed by atoms with Crippen LogP contribution in [0.3, 0.4) is 0 Å². The molecule has 1 aromatic carbocycles. The molecule has 2 rings (SSSR count). The lowest BCUT2D eigenvalue weighted by atomic mass is 10.1. The van der Waals surface area contributed by atoms with Crippen LogP contribution < -0.4 is 3.93 Å². The number of anilines is 1. The minimum absolute atomic E-state index is 0.722. The van der Waals surface area contributed by atoms with Crippen LogP contribution in [0.4, 0.5) is 5.69 Å². The van der Waals surface area contributed by atoms with Crippen molar-refractivity contribution >= 4 is 21.8 Å². The van der Waals surface area contributed by atoms with E-state index >= 15 is 0 Å². The highest BCUT2D eigenvalue weighted by molar-refractivity contribution is 9.10. The van der Waals surface area contributed by atoms with E-state index in [0.29, 0.717) is 0 Å². The van der Waals surface area contributed by atoms with Crippen molar-refractivity contribution in [2.45, 2.75) is 6.42 Å². The highest BCUT2D eigenvalue weighted by Gasteiger charge is 2.16. The Kier molecular flexibility index (Phi) is 1.78. The molecule has 0 N–H and O–H groups in total. The zero-order chi connectivity index (χ0) is 8.55. The highest BCUT2D eigenvalue weighted by Crippen LogP contribution is 2.30. The molecule has 0 aromatic heterocycles. The predicted octanol–water partition coefficient (Wildman–Crippen LogP) is 2.23. The fourth-order valence-electron chi connectivity index (χ4n) is 1.41. The van der Waals surface area contributed by atoms with Gasteiger partial charge in [0.25, 0.3) is 0 Å². The summed E-state index contributed by atoms with van der Waals surface area (Å²) in [5, 5.41) is 8.67. The second-order valence-corrected chi connectivity index (χ2v) is 3.65. The zero-order valence-corrected chi connectivity index (χ0v) is 8.00. The summed E-state index contributed by atoms with van der Waals surface area (Å²) in [5.74, 6) is 0. The first kappa shape index (κ1) is 7.63. The van der Waals surface area contributed by atoms with E-state index in [-0.39, 0.29) is 0 Å². The fourth-order valence-corrected chi connectivity index (χ4v) is 1.92. The summed E-state index contributed by atoms with van der Waals surface area (Å²) in [6, 6.07) is 7.93. The molecule has 0 fully saturated rings. The molecule has 0 radical (unpaired) electrons. The summed E-state index contributed by atoms with van der Waals surface area (Å²) in [7, 11) is 0. The smallest absolute Gasteiger partial charge is 0.0992 e. The van der Waals surface area contributed by atoms with Gasteiger partial charge in [0, 0.05) is 22.7 Å². The number of benzene rings is 1. The van der Waals surface area contributed by atoms with E-state index < -0.39 is 0 Å². The molecular formula is C9H7BrN2. The van der Waals surface area contributed by atoms with Gasteiger partial charge in [0.2, 0.25) is 0 Å². The van der Waals surface area contributed by atoms with Crippen molar-refractivity contribution in [3.8, 4) is 6.07 Å². The molecular weight excluding hydrogens is 216 g/mol. The van der Waals surface area contributed by atoms with E-state index in [1.165, 1.54) is 5.56 Å². The minimum atomic E-state index is 0.722. The molecule has 0 saturated carbocycles. The Labute approximate surface area is 79.8 Å². The van der Waals surface area contributed by atoms with Gasteiger partial charge in [-0.25, -0.2) is 0 Å². The Bertz CT molecular complexity index is 354. The van der Waals surface area contributed by atoms with E-state index in [4.69, 9.17) is 5.26 Å². The molecule has 0 saturated heterocycles. The van der Waals surface area contributed by atoms with Crippen molar-refractivity contribution in [2.75, 3.05) is 10.5 Å². The van der Waals surface area contributed by atoms with E-state index in [9.17, 15) is 0 Å². The summed E-state index contributed by atoms with van der Waals surface area (Å²) in [4.78, 5) is 0. The van der Waals surface area contributed by atoms with E-state index in [1.54, 1.807) is 0 Å². The average Bonchev–Trinajstić information content (AvgIpc) is 2.47. The molecule has 3 heteroatoms. The second-order valence-electron chi connectivity index (χ2n) is 2.79. The van der Waals surface area contributed by atoms with Crippen molar-refractivity contribution in [3.63, 3.8) is 0 Å². The van der Waals surface area contributed by atoms with Gasteiger partial charge >= 0.3 is 0 Å². The highest BCUT2D eigenvalue weighted by atomic mass is 79.9. The van der Waals surface area contributed by atoms with E-state index in [1.807, 2.05) is 22.1 Å². The number of fused-ring (bicyclic) bond motifs is 1. The topological polar surface area (TPSA) is 27.0 Å². The molecule has 1 heterocycles. The largest absolute Gasteiger partial charge is 0.308 e. The Morgan fingerprint density at radius 3 is 3.08 bits per heavy atom. The maximum absolute atomic E-state index is 8.67. The van der Waals surface area contributed by atoms with Crippen LogP contribution in [0.15, 0.2) is 18.2 Å². The number of nitriles is 1. The number of nitrogens with zero attached hydrogens (tertiary/aromatic N) is 2. The van der Waals surface area contributed by atoms with Crippen LogP contribution in [0.1, 0.15) is 11.1 Å². The third-order valence-corrected chi connectivity index (χ3v) is 2.79. The monoisotopic (exact) mass is 222 g/mol. The van der Waals surface area contributed by atoms with Crippen LogP contribution in [-0.4, -0.2) is 6.54 Å². The van der Waals surface area contributed by atoms with Gasteiger partial charge in [-0.2, -0.15) is 5.26 Å². The standard InChI is InChI=1S/C9H7BrN2/c10-12-4-3-8-2-1-7(6-11)5-9(8)12/h1-2,5H,3-4H2. The zero-order valence-electron chi connectivity index (χ0n) is 6.42. The Hall–Kier alpha value is -1.01. The maximum Gasteiger partial charge on any atom is 0.0992 e. The Morgan fingerprint density at radius 2 is 2.33 bits per heavy atom. The molecule has 60 valence electrons. The third-order valence-electron chi connectivity index (χ3n) is 2.05. The van der Waals surface area contributed by atoms with Gasteiger partial charge in [-0.05, 0) is 24.1 Å². The molecule has 0 spiro atoms. The number of halogens is 1. The molecule has 0 amide bonds. The van der Waals surface area contributed by atoms with Crippen molar-refractivity contribution in [1.82, 2.24) is 0 Å². The summed E-state index contributed by atoms with van der Waals surface area (Å²) < 4.78 is 2.00. The van der Waals surface area contributed by atoms with Crippen molar-refractivity contribution in [1.29, 1.82) is 5.26 Å². The number of hydrogen-bond donors (Lipinski definition) is 0. The van der Waals surface area contributed by atoms with Crippen molar-refractivity contribution < 1.29 is 0 Å². The van der Waals surface area contributed by atoms with Gasteiger partial charge in [-0.15, -0.1) is 0 Å². The first-order chi connectivity index (χ1) is 5.81. The van der Waals surface area contributed by atoms with Crippen LogP contribution in [0.2, 0.25) is 0 Å². The normalized spacial score (nSPS) is 14.2. The van der Waals surface area contributed by atoms with Gasteiger partial charge in [-0.1, -0.05) is 6.07 Å². The molecule has 12 heavy (non-hydrogen) atoms. The lowest BCUT2D eigenvalue weighted by molar-refractivity contribution is 1.06. The SMILES string of the molecule is N#Cc1ccc2c(c1)N(Br)CC2. The predicted molar refractivity (Wildman–Crippen MR) is 51.1 cm³/mol. The van der Waals surface area contributed by atoms with Gasteiger partial charge in [0.1, 0.15) is 0 Å². The molecule has 0 atom stereocenters. The minimum Gasteiger partial charge on any atom is -0.308 e. The maximum atomic E-state index is 8.67.